The molecule has 2 aliphatic carbocycles. The first-order valence-electron chi connectivity index (χ1n) is 6.33. The van der Waals surface area contributed by atoms with Gasteiger partial charge in [-0.3, -0.25) is 4.79 Å². The van der Waals surface area contributed by atoms with Gasteiger partial charge in [0.1, 0.15) is 5.41 Å². The van der Waals surface area contributed by atoms with Crippen LogP contribution in [0, 0.1) is 5.41 Å². The normalized spacial score (nSPS) is 26.3. The fourth-order valence-electron chi connectivity index (χ4n) is 2.67. The predicted molar refractivity (Wildman–Crippen MR) is 64.7 cm³/mol. The zero-order valence-corrected chi connectivity index (χ0v) is 10.3. The van der Waals surface area contributed by atoms with E-state index in [0.717, 1.165) is 25.7 Å². The van der Waals surface area contributed by atoms with Crippen LogP contribution >= 0.6 is 0 Å². The number of nitrogens with one attached hydrogen (secondary N) is 1. The molecule has 0 aliphatic heterocycles. The quantitative estimate of drug-likeness (QED) is 0.301. The summed E-state index contributed by atoms with van der Waals surface area (Å²) in [6, 6.07) is 0. The molecule has 4 N–H and O–H groups in total. The lowest BCUT2D eigenvalue weighted by atomic mass is 9.82. The molecule has 0 atom stereocenters. The molecular formula is C12H21N3O2. The van der Waals surface area contributed by atoms with E-state index in [1.54, 1.807) is 0 Å². The summed E-state index contributed by atoms with van der Waals surface area (Å²) in [4.78, 5) is 12.2. The van der Waals surface area contributed by atoms with Crippen LogP contribution in [0.15, 0.2) is 5.16 Å². The molecular weight excluding hydrogens is 218 g/mol. The van der Waals surface area contributed by atoms with Crippen LogP contribution in [0.4, 0.5) is 0 Å². The number of carbonyl (C=O) groups excluding carboxylic acids is 1. The number of hydrogen-bond donors (Lipinski definition) is 3. The van der Waals surface area contributed by atoms with Gasteiger partial charge in [0.2, 0.25) is 5.91 Å². The highest BCUT2D eigenvalue weighted by Crippen LogP contribution is 2.46. The summed E-state index contributed by atoms with van der Waals surface area (Å²) in [5, 5.41) is 14.8. The van der Waals surface area contributed by atoms with Crippen LogP contribution in [0.25, 0.3) is 0 Å². The fourth-order valence-corrected chi connectivity index (χ4v) is 2.67. The van der Waals surface area contributed by atoms with Crippen LogP contribution in [-0.2, 0) is 4.79 Å². The Hall–Kier alpha value is -1.26. The Morgan fingerprint density at radius 3 is 2.29 bits per heavy atom. The van der Waals surface area contributed by atoms with E-state index in [0.29, 0.717) is 12.8 Å². The molecule has 0 unspecified atom stereocenters. The number of amidine groups is 1. The number of carbonyl (C=O) groups is 1. The van der Waals surface area contributed by atoms with Crippen molar-refractivity contribution in [1.29, 1.82) is 0 Å². The van der Waals surface area contributed by atoms with Crippen molar-refractivity contribution < 1.29 is 10.0 Å². The average molecular weight is 239 g/mol. The van der Waals surface area contributed by atoms with Crippen LogP contribution in [0.2, 0.25) is 0 Å². The zero-order valence-electron chi connectivity index (χ0n) is 10.3. The summed E-state index contributed by atoms with van der Waals surface area (Å²) in [5.74, 6) is -0.0217. The molecule has 0 bridgehead atoms. The highest BCUT2D eigenvalue weighted by Gasteiger charge is 2.55. The lowest BCUT2D eigenvalue weighted by Gasteiger charge is -2.35. The van der Waals surface area contributed by atoms with Crippen molar-refractivity contribution in [2.24, 2.45) is 16.3 Å². The molecule has 2 aliphatic rings. The van der Waals surface area contributed by atoms with E-state index in [-0.39, 0.29) is 17.3 Å². The minimum absolute atomic E-state index is 0.0504. The standard InChI is InChI=1S/C12H21N3O2/c1-11(5-3-2-4-6-11)14-10(16)12(7-8-12)9(13)15-17/h17H,2-8H2,1H3,(H2,13,15)(H,14,16). The lowest BCUT2D eigenvalue weighted by Crippen LogP contribution is -2.52. The molecule has 1 amide bonds. The number of nitrogens with zero attached hydrogens (tertiary/aromatic N) is 1. The number of oxime groups is 1. The number of amides is 1. The Morgan fingerprint density at radius 1 is 1.24 bits per heavy atom. The van der Waals surface area contributed by atoms with Gasteiger partial charge in [-0.25, -0.2) is 0 Å². The van der Waals surface area contributed by atoms with Gasteiger partial charge < -0.3 is 16.3 Å². The van der Waals surface area contributed by atoms with Crippen molar-refractivity contribution in [3.63, 3.8) is 0 Å². The third kappa shape index (κ3) is 2.23. The molecule has 2 fully saturated rings. The van der Waals surface area contributed by atoms with Gasteiger partial charge in [-0.1, -0.05) is 24.4 Å². The first kappa shape index (κ1) is 12.2. The van der Waals surface area contributed by atoms with E-state index in [2.05, 4.69) is 17.4 Å². The van der Waals surface area contributed by atoms with Gasteiger partial charge in [-0.2, -0.15) is 0 Å². The maximum atomic E-state index is 12.2. The van der Waals surface area contributed by atoms with Crippen LogP contribution < -0.4 is 11.1 Å². The maximum absolute atomic E-state index is 12.2. The Balaban J connectivity index is 2.02. The third-order valence-corrected chi connectivity index (χ3v) is 4.16. The summed E-state index contributed by atoms with van der Waals surface area (Å²) in [6.45, 7) is 2.09. The van der Waals surface area contributed by atoms with Gasteiger partial charge in [-0.05, 0) is 32.6 Å². The van der Waals surface area contributed by atoms with Crippen LogP contribution in [0.5, 0.6) is 0 Å². The Bertz CT molecular complexity index is 342. The van der Waals surface area contributed by atoms with Crippen molar-refractivity contribution >= 4 is 11.7 Å². The minimum Gasteiger partial charge on any atom is -0.409 e. The van der Waals surface area contributed by atoms with Gasteiger partial charge in [0.15, 0.2) is 5.84 Å². The minimum atomic E-state index is -0.727. The summed E-state index contributed by atoms with van der Waals surface area (Å²) in [5.41, 5.74) is 4.76. The van der Waals surface area contributed by atoms with Crippen molar-refractivity contribution in [1.82, 2.24) is 5.32 Å². The first-order valence-corrected chi connectivity index (χ1v) is 6.33. The molecule has 17 heavy (non-hydrogen) atoms. The molecule has 0 aromatic rings. The zero-order chi connectivity index (χ0) is 12.5. The molecule has 0 spiro atoms. The van der Waals surface area contributed by atoms with Gasteiger partial charge >= 0.3 is 0 Å². The fraction of sp³-hybridized carbons (Fsp3) is 0.833. The largest absolute Gasteiger partial charge is 0.409 e. The Kier molecular flexibility index (Phi) is 3.02. The highest BCUT2D eigenvalue weighted by atomic mass is 16.4. The summed E-state index contributed by atoms with van der Waals surface area (Å²) in [6.07, 6.45) is 6.98. The SMILES string of the molecule is CC1(NC(=O)C2(C(N)=NO)CC2)CCCCC1. The van der Waals surface area contributed by atoms with Crippen molar-refractivity contribution in [2.45, 2.75) is 57.4 Å². The van der Waals surface area contributed by atoms with Crippen molar-refractivity contribution in [3.8, 4) is 0 Å². The molecule has 0 radical (unpaired) electrons. The van der Waals surface area contributed by atoms with E-state index < -0.39 is 5.41 Å². The second kappa shape index (κ2) is 4.20. The molecule has 0 saturated heterocycles. The molecule has 2 saturated carbocycles. The second-order valence-electron chi connectivity index (χ2n) is 5.64. The molecule has 5 heteroatoms. The Morgan fingerprint density at radius 2 is 1.82 bits per heavy atom. The van der Waals surface area contributed by atoms with Gasteiger partial charge in [0.25, 0.3) is 0 Å². The second-order valence-corrected chi connectivity index (χ2v) is 5.64. The molecule has 0 aromatic carbocycles. The van der Waals surface area contributed by atoms with E-state index in [1.807, 2.05) is 0 Å². The predicted octanol–water partition coefficient (Wildman–Crippen LogP) is 1.35. The van der Waals surface area contributed by atoms with E-state index >= 15 is 0 Å². The van der Waals surface area contributed by atoms with E-state index in [4.69, 9.17) is 10.9 Å². The van der Waals surface area contributed by atoms with Crippen molar-refractivity contribution in [2.75, 3.05) is 0 Å². The molecule has 0 aromatic heterocycles. The van der Waals surface area contributed by atoms with Crippen molar-refractivity contribution in [3.05, 3.63) is 0 Å². The number of nitrogens with two attached hydrogens (primary N) is 1. The monoisotopic (exact) mass is 239 g/mol. The van der Waals surface area contributed by atoms with E-state index in [9.17, 15) is 4.79 Å². The smallest absolute Gasteiger partial charge is 0.234 e. The number of hydrogen-bond acceptors (Lipinski definition) is 3. The van der Waals surface area contributed by atoms with Gasteiger partial charge in [-0.15, -0.1) is 0 Å². The number of rotatable bonds is 3. The third-order valence-electron chi connectivity index (χ3n) is 4.16. The highest BCUT2D eigenvalue weighted by molar-refractivity contribution is 6.09. The maximum Gasteiger partial charge on any atom is 0.234 e. The summed E-state index contributed by atoms with van der Waals surface area (Å²) >= 11 is 0. The molecule has 2 rings (SSSR count). The molecule has 96 valence electrons. The van der Waals surface area contributed by atoms with E-state index in [1.165, 1.54) is 6.42 Å². The lowest BCUT2D eigenvalue weighted by molar-refractivity contribution is -0.126. The van der Waals surface area contributed by atoms with Crippen LogP contribution in [0.1, 0.15) is 51.9 Å². The molecule has 0 heterocycles. The first-order chi connectivity index (χ1) is 8.02. The summed E-state index contributed by atoms with van der Waals surface area (Å²) in [7, 11) is 0. The summed E-state index contributed by atoms with van der Waals surface area (Å²) < 4.78 is 0. The topological polar surface area (TPSA) is 87.7 Å². The van der Waals surface area contributed by atoms with Crippen LogP contribution in [0.3, 0.4) is 0 Å². The van der Waals surface area contributed by atoms with Crippen LogP contribution in [-0.4, -0.2) is 22.5 Å². The van der Waals surface area contributed by atoms with Gasteiger partial charge in [0, 0.05) is 5.54 Å². The average Bonchev–Trinajstić information content (AvgIpc) is 3.09. The van der Waals surface area contributed by atoms with Gasteiger partial charge in [0.05, 0.1) is 0 Å². The Labute approximate surface area is 101 Å². The molecule has 5 nitrogen and oxygen atoms in total.